The molecule has 1 aliphatic carbocycles. The van der Waals surface area contributed by atoms with Gasteiger partial charge in [-0.15, -0.1) is 0 Å². The first-order chi connectivity index (χ1) is 12.7. The summed E-state index contributed by atoms with van der Waals surface area (Å²) in [5.41, 5.74) is 6.28. The summed E-state index contributed by atoms with van der Waals surface area (Å²) < 4.78 is 0. The third-order valence-electron chi connectivity index (χ3n) is 5.81. The number of hydrogen-bond acceptors (Lipinski definition) is 2. The molecule has 4 rings (SSSR count). The molecule has 0 bridgehead atoms. The lowest BCUT2D eigenvalue weighted by molar-refractivity contribution is 0.121. The van der Waals surface area contributed by atoms with Gasteiger partial charge in [0.05, 0.1) is 0 Å². The van der Waals surface area contributed by atoms with Gasteiger partial charge in [-0.05, 0) is 78.8 Å². The molecule has 1 atom stereocenters. The lowest BCUT2D eigenvalue weighted by Crippen LogP contribution is -2.47. The molecule has 2 aromatic carbocycles. The van der Waals surface area contributed by atoms with Crippen LogP contribution in [0.3, 0.4) is 0 Å². The minimum atomic E-state index is 0.298. The highest BCUT2D eigenvalue weighted by molar-refractivity contribution is 6.05. The van der Waals surface area contributed by atoms with E-state index in [1.807, 2.05) is 12.1 Å². The van der Waals surface area contributed by atoms with Gasteiger partial charge in [0, 0.05) is 6.04 Å². The summed E-state index contributed by atoms with van der Waals surface area (Å²) in [4.78, 5) is 2.64. The number of nitrogens with zero attached hydrogens (tertiary/aromatic N) is 1. The first-order valence-electron chi connectivity index (χ1n) is 9.75. The molecule has 26 heavy (non-hydrogen) atoms. The molecule has 0 amide bonds. The van der Waals surface area contributed by atoms with Gasteiger partial charge in [-0.25, -0.2) is 0 Å². The van der Waals surface area contributed by atoms with Gasteiger partial charge in [-0.3, -0.25) is 4.90 Å². The van der Waals surface area contributed by atoms with E-state index in [9.17, 15) is 5.11 Å². The second-order valence-electron chi connectivity index (χ2n) is 7.44. The highest BCUT2D eigenvalue weighted by atomic mass is 16.3. The highest BCUT2D eigenvalue weighted by Gasteiger charge is 2.31. The maximum atomic E-state index is 9.65. The van der Waals surface area contributed by atoms with Crippen molar-refractivity contribution >= 4 is 11.1 Å². The third-order valence-corrected chi connectivity index (χ3v) is 5.81. The molecule has 1 N–H and O–H groups in total. The van der Waals surface area contributed by atoms with Crippen LogP contribution in [-0.4, -0.2) is 29.1 Å². The van der Waals surface area contributed by atoms with Crippen molar-refractivity contribution < 1.29 is 5.11 Å². The van der Waals surface area contributed by atoms with Crippen molar-refractivity contribution in [3.63, 3.8) is 0 Å². The zero-order valence-corrected chi connectivity index (χ0v) is 15.3. The molecular formula is C24H27NO. The molecule has 1 saturated carbocycles. The molecule has 1 saturated heterocycles. The summed E-state index contributed by atoms with van der Waals surface area (Å²) in [6, 6.07) is 18.7. The molecule has 2 nitrogen and oxygen atoms in total. The van der Waals surface area contributed by atoms with Crippen LogP contribution < -0.4 is 0 Å². The molecule has 2 heteroatoms. The number of benzene rings is 2. The smallest absolute Gasteiger partial charge is 0.115 e. The van der Waals surface area contributed by atoms with E-state index < -0.39 is 0 Å². The summed E-state index contributed by atoms with van der Waals surface area (Å²) >= 11 is 0. The predicted molar refractivity (Wildman–Crippen MR) is 109 cm³/mol. The second-order valence-corrected chi connectivity index (χ2v) is 7.44. The van der Waals surface area contributed by atoms with Crippen molar-refractivity contribution in [2.24, 2.45) is 0 Å². The lowest BCUT2D eigenvalue weighted by Gasteiger charge is -2.43. The fourth-order valence-electron chi connectivity index (χ4n) is 4.31. The van der Waals surface area contributed by atoms with E-state index >= 15 is 0 Å². The van der Waals surface area contributed by atoms with E-state index in [-0.39, 0.29) is 0 Å². The number of aromatic hydroxyl groups is 1. The summed E-state index contributed by atoms with van der Waals surface area (Å²) in [6.45, 7) is 6.93. The molecule has 0 aromatic heterocycles. The van der Waals surface area contributed by atoms with Crippen LogP contribution in [0.2, 0.25) is 0 Å². The van der Waals surface area contributed by atoms with Crippen LogP contribution in [0.1, 0.15) is 43.2 Å². The fourth-order valence-corrected chi connectivity index (χ4v) is 4.31. The Hall–Kier alpha value is -2.32. The molecule has 0 radical (unpaired) electrons. The van der Waals surface area contributed by atoms with E-state index in [4.69, 9.17) is 0 Å². The van der Waals surface area contributed by atoms with Crippen LogP contribution >= 0.6 is 0 Å². The van der Waals surface area contributed by atoms with Crippen LogP contribution in [0, 0.1) is 0 Å². The lowest BCUT2D eigenvalue weighted by atomic mass is 9.79. The largest absolute Gasteiger partial charge is 0.508 e. The average molecular weight is 345 g/mol. The summed E-state index contributed by atoms with van der Waals surface area (Å²) in [5, 5.41) is 9.65. The van der Waals surface area contributed by atoms with Crippen LogP contribution in [-0.2, 0) is 0 Å². The van der Waals surface area contributed by atoms with Crippen LogP contribution in [0.4, 0.5) is 0 Å². The maximum Gasteiger partial charge on any atom is 0.115 e. The van der Waals surface area contributed by atoms with Gasteiger partial charge in [-0.1, -0.05) is 55.5 Å². The molecule has 1 heterocycles. The van der Waals surface area contributed by atoms with Crippen molar-refractivity contribution in [1.29, 1.82) is 0 Å². The number of phenolic OH excluding ortho intramolecular Hbond substituents is 1. The number of hydrogen-bond donors (Lipinski definition) is 1. The van der Waals surface area contributed by atoms with Crippen LogP contribution in [0.25, 0.3) is 11.1 Å². The van der Waals surface area contributed by atoms with Gasteiger partial charge in [-0.2, -0.15) is 0 Å². The highest BCUT2D eigenvalue weighted by Crippen LogP contribution is 2.41. The van der Waals surface area contributed by atoms with Crippen molar-refractivity contribution in [2.75, 3.05) is 13.1 Å². The van der Waals surface area contributed by atoms with Gasteiger partial charge in [0.1, 0.15) is 5.75 Å². The first-order valence-corrected chi connectivity index (χ1v) is 9.75. The Morgan fingerprint density at radius 2 is 1.62 bits per heavy atom. The topological polar surface area (TPSA) is 23.5 Å². The predicted octanol–water partition coefficient (Wildman–Crippen LogP) is 5.51. The first kappa shape index (κ1) is 17.1. The van der Waals surface area contributed by atoms with E-state index in [0.717, 1.165) is 17.6 Å². The Labute approximate surface area is 156 Å². The van der Waals surface area contributed by atoms with E-state index in [2.05, 4.69) is 41.8 Å². The number of phenols is 1. The van der Waals surface area contributed by atoms with Crippen molar-refractivity contribution in [2.45, 2.75) is 38.1 Å². The average Bonchev–Trinajstić information content (AvgIpc) is 2.63. The third kappa shape index (κ3) is 3.34. The van der Waals surface area contributed by atoms with Crippen molar-refractivity contribution in [3.05, 3.63) is 77.9 Å². The molecule has 1 aliphatic heterocycles. The Kier molecular flexibility index (Phi) is 4.94. The maximum absolute atomic E-state index is 9.65. The van der Waals surface area contributed by atoms with Gasteiger partial charge in [0.15, 0.2) is 0 Å². The Bertz CT molecular complexity index is 800. The molecular weight excluding hydrogens is 318 g/mol. The standard InChI is InChI=1S/C24H27NO/c1-18(19-12-14-21(26)15-13-19)24(20-8-3-2-4-9-20)22-10-5-6-11-23(22)25-16-7-17-25/h2-4,8-9,12-15,23,26H,1,5-7,10-11,16-17H2/b24-22-. The summed E-state index contributed by atoms with van der Waals surface area (Å²) in [7, 11) is 0. The van der Waals surface area contributed by atoms with E-state index in [0.29, 0.717) is 11.8 Å². The minimum absolute atomic E-state index is 0.298. The number of rotatable bonds is 4. The van der Waals surface area contributed by atoms with Gasteiger partial charge in [0.25, 0.3) is 0 Å². The molecule has 2 fully saturated rings. The Balaban J connectivity index is 1.81. The Morgan fingerprint density at radius 3 is 2.27 bits per heavy atom. The number of likely N-dealkylation sites (tertiary alicyclic amines) is 1. The van der Waals surface area contributed by atoms with Crippen LogP contribution in [0.5, 0.6) is 5.75 Å². The van der Waals surface area contributed by atoms with Gasteiger partial charge in [0.2, 0.25) is 0 Å². The van der Waals surface area contributed by atoms with Gasteiger partial charge < -0.3 is 5.11 Å². The molecule has 2 aliphatic rings. The SMILES string of the molecule is C=C(/C(=C1\CCCCC1N1CCC1)c1ccccc1)c1ccc(O)cc1. The van der Waals surface area contributed by atoms with Crippen molar-refractivity contribution in [3.8, 4) is 5.75 Å². The quantitative estimate of drug-likeness (QED) is 0.790. The minimum Gasteiger partial charge on any atom is -0.508 e. The Morgan fingerprint density at radius 1 is 0.885 bits per heavy atom. The fraction of sp³-hybridized carbons (Fsp3) is 0.333. The number of allylic oxidation sites excluding steroid dienone is 2. The van der Waals surface area contributed by atoms with Crippen LogP contribution in [0.15, 0.2) is 66.7 Å². The van der Waals surface area contributed by atoms with Crippen molar-refractivity contribution in [1.82, 2.24) is 4.90 Å². The normalized spacial score (nSPS) is 22.5. The van der Waals surface area contributed by atoms with E-state index in [1.165, 1.54) is 49.9 Å². The zero-order valence-electron chi connectivity index (χ0n) is 15.3. The van der Waals surface area contributed by atoms with E-state index in [1.54, 1.807) is 17.7 Å². The van der Waals surface area contributed by atoms with Gasteiger partial charge >= 0.3 is 0 Å². The molecule has 0 spiro atoms. The summed E-state index contributed by atoms with van der Waals surface area (Å²) in [5.74, 6) is 0.298. The molecule has 134 valence electrons. The zero-order chi connectivity index (χ0) is 17.9. The summed E-state index contributed by atoms with van der Waals surface area (Å²) in [6.07, 6.45) is 6.32. The monoisotopic (exact) mass is 345 g/mol. The molecule has 1 unspecified atom stereocenters. The molecule has 2 aromatic rings. The second kappa shape index (κ2) is 7.51.